The number of hydrogen-bond acceptors (Lipinski definition) is 5. The second-order valence-corrected chi connectivity index (χ2v) is 5.04. The van der Waals surface area contributed by atoms with E-state index in [1.807, 2.05) is 0 Å². The Kier molecular flexibility index (Phi) is 3.56. The first-order valence-corrected chi connectivity index (χ1v) is 6.22. The number of carbonyl (C=O) groups is 2. The summed E-state index contributed by atoms with van der Waals surface area (Å²) < 4.78 is 0. The summed E-state index contributed by atoms with van der Waals surface area (Å²) in [6.07, 6.45) is -0.222. The zero-order valence-electron chi connectivity index (χ0n) is 10.5. The number of carbonyl (C=O) groups excluding carboxylic acids is 2. The van der Waals surface area contributed by atoms with Gasteiger partial charge in [0.15, 0.2) is 0 Å². The van der Waals surface area contributed by atoms with Crippen molar-refractivity contribution < 1.29 is 14.7 Å². The minimum absolute atomic E-state index is 0.0642. The number of nitrogens with two attached hydrogens (primary N) is 1. The number of aliphatic hydroxyl groups excluding tert-OH is 1. The number of rotatable bonds is 2. The molecule has 2 saturated heterocycles. The molecule has 0 aromatic carbocycles. The summed E-state index contributed by atoms with van der Waals surface area (Å²) in [5, 5.41) is 15.3. The maximum absolute atomic E-state index is 12.1. The van der Waals surface area contributed by atoms with Crippen LogP contribution in [0.4, 0.5) is 0 Å². The SMILES string of the molecule is C[C@@H](O)[C@H](N)C(=O)N1CCNC2(CCNC2=O)C1. The third-order valence-electron chi connectivity index (χ3n) is 3.69. The largest absolute Gasteiger partial charge is 0.391 e. The molecule has 7 heteroatoms. The molecule has 2 aliphatic heterocycles. The monoisotopic (exact) mass is 256 g/mol. The van der Waals surface area contributed by atoms with Crippen LogP contribution in [0.5, 0.6) is 0 Å². The summed E-state index contributed by atoms with van der Waals surface area (Å²) in [6, 6.07) is -0.926. The Bertz CT molecular complexity index is 360. The van der Waals surface area contributed by atoms with Crippen molar-refractivity contribution >= 4 is 11.8 Å². The zero-order valence-corrected chi connectivity index (χ0v) is 10.5. The molecule has 2 amide bonds. The standard InChI is InChI=1S/C11H20N4O3/c1-7(16)8(12)9(17)15-5-4-14-11(6-15)2-3-13-10(11)18/h7-8,14,16H,2-6,12H2,1H3,(H,13,18)/t7-,8+,11?/m1/s1. The third kappa shape index (κ3) is 2.21. The molecule has 0 bridgehead atoms. The molecule has 2 rings (SSSR count). The van der Waals surface area contributed by atoms with Crippen molar-refractivity contribution in [2.75, 3.05) is 26.2 Å². The lowest BCUT2D eigenvalue weighted by Gasteiger charge is -2.40. The summed E-state index contributed by atoms with van der Waals surface area (Å²) in [4.78, 5) is 25.5. The number of nitrogens with zero attached hydrogens (tertiary/aromatic N) is 1. The van der Waals surface area contributed by atoms with Gasteiger partial charge in [0, 0.05) is 26.2 Å². The molecular weight excluding hydrogens is 236 g/mol. The van der Waals surface area contributed by atoms with E-state index in [4.69, 9.17) is 5.73 Å². The van der Waals surface area contributed by atoms with Gasteiger partial charge in [-0.25, -0.2) is 0 Å². The van der Waals surface area contributed by atoms with Crippen LogP contribution in [0.3, 0.4) is 0 Å². The van der Waals surface area contributed by atoms with Crippen LogP contribution in [0.1, 0.15) is 13.3 Å². The average Bonchev–Trinajstić information content (AvgIpc) is 2.69. The molecule has 2 fully saturated rings. The molecule has 102 valence electrons. The summed E-state index contributed by atoms with van der Waals surface area (Å²) >= 11 is 0. The minimum Gasteiger partial charge on any atom is -0.391 e. The van der Waals surface area contributed by atoms with Crippen molar-refractivity contribution in [2.45, 2.75) is 31.0 Å². The maximum atomic E-state index is 12.1. The van der Waals surface area contributed by atoms with Gasteiger partial charge in [-0.1, -0.05) is 0 Å². The van der Waals surface area contributed by atoms with Gasteiger partial charge >= 0.3 is 0 Å². The number of piperazine rings is 1. The highest BCUT2D eigenvalue weighted by Crippen LogP contribution is 2.21. The number of aliphatic hydroxyl groups is 1. The van der Waals surface area contributed by atoms with Crippen LogP contribution in [0.15, 0.2) is 0 Å². The second kappa shape index (κ2) is 4.83. The third-order valence-corrected chi connectivity index (χ3v) is 3.69. The molecule has 1 unspecified atom stereocenters. The molecule has 7 nitrogen and oxygen atoms in total. The fourth-order valence-corrected chi connectivity index (χ4v) is 2.49. The topological polar surface area (TPSA) is 108 Å². The number of amides is 2. The van der Waals surface area contributed by atoms with Gasteiger partial charge in [0.25, 0.3) is 0 Å². The predicted molar refractivity (Wildman–Crippen MR) is 64.6 cm³/mol. The Balaban J connectivity index is 2.07. The maximum Gasteiger partial charge on any atom is 0.242 e. The summed E-state index contributed by atoms with van der Waals surface area (Å²) in [5.41, 5.74) is 4.98. The van der Waals surface area contributed by atoms with E-state index in [0.717, 1.165) is 0 Å². The van der Waals surface area contributed by atoms with Crippen molar-refractivity contribution in [2.24, 2.45) is 5.73 Å². The van der Waals surface area contributed by atoms with Gasteiger partial charge in [0.05, 0.1) is 6.10 Å². The Morgan fingerprint density at radius 2 is 2.28 bits per heavy atom. The molecule has 0 aromatic heterocycles. The van der Waals surface area contributed by atoms with Gasteiger partial charge in [-0.2, -0.15) is 0 Å². The van der Waals surface area contributed by atoms with Crippen LogP contribution in [0.25, 0.3) is 0 Å². The van der Waals surface area contributed by atoms with E-state index in [0.29, 0.717) is 32.6 Å². The number of nitrogens with one attached hydrogen (secondary N) is 2. The first kappa shape index (κ1) is 13.3. The van der Waals surface area contributed by atoms with Crippen LogP contribution in [0.2, 0.25) is 0 Å². The van der Waals surface area contributed by atoms with Gasteiger partial charge in [0.2, 0.25) is 11.8 Å². The summed E-state index contributed by atoms with van der Waals surface area (Å²) in [5.74, 6) is -0.365. The zero-order chi connectivity index (χ0) is 13.3. The van der Waals surface area contributed by atoms with Crippen molar-refractivity contribution in [3.05, 3.63) is 0 Å². The van der Waals surface area contributed by atoms with Crippen LogP contribution < -0.4 is 16.4 Å². The Morgan fingerprint density at radius 1 is 1.56 bits per heavy atom. The molecule has 2 heterocycles. The van der Waals surface area contributed by atoms with E-state index >= 15 is 0 Å². The first-order chi connectivity index (χ1) is 8.46. The van der Waals surface area contributed by atoms with E-state index in [-0.39, 0.29) is 11.8 Å². The molecule has 5 N–H and O–H groups in total. The lowest BCUT2D eigenvalue weighted by molar-refractivity contribution is -0.139. The van der Waals surface area contributed by atoms with E-state index in [1.54, 1.807) is 4.90 Å². The van der Waals surface area contributed by atoms with Crippen LogP contribution >= 0.6 is 0 Å². The first-order valence-electron chi connectivity index (χ1n) is 6.22. The molecule has 1 spiro atoms. The lowest BCUT2D eigenvalue weighted by Crippen LogP contribution is -2.66. The van der Waals surface area contributed by atoms with Crippen molar-refractivity contribution in [3.8, 4) is 0 Å². The molecular formula is C11H20N4O3. The Hall–Kier alpha value is -1.18. The summed E-state index contributed by atoms with van der Waals surface area (Å²) in [7, 11) is 0. The van der Waals surface area contributed by atoms with Gasteiger partial charge in [-0.3, -0.25) is 9.59 Å². The Morgan fingerprint density at radius 3 is 2.83 bits per heavy atom. The Labute approximate surface area is 106 Å². The molecule has 0 radical (unpaired) electrons. The normalized spacial score (nSPS) is 31.3. The van der Waals surface area contributed by atoms with Gasteiger partial charge < -0.3 is 26.4 Å². The van der Waals surface area contributed by atoms with E-state index in [2.05, 4.69) is 10.6 Å². The van der Waals surface area contributed by atoms with Crippen LogP contribution in [-0.2, 0) is 9.59 Å². The average molecular weight is 256 g/mol. The molecule has 3 atom stereocenters. The van der Waals surface area contributed by atoms with Gasteiger partial charge in [0.1, 0.15) is 11.6 Å². The fourth-order valence-electron chi connectivity index (χ4n) is 2.49. The smallest absolute Gasteiger partial charge is 0.242 e. The van der Waals surface area contributed by atoms with E-state index < -0.39 is 17.7 Å². The highest BCUT2D eigenvalue weighted by Gasteiger charge is 2.46. The van der Waals surface area contributed by atoms with E-state index in [9.17, 15) is 14.7 Å². The molecule has 0 saturated carbocycles. The molecule has 0 aromatic rings. The number of hydrogen-bond donors (Lipinski definition) is 4. The van der Waals surface area contributed by atoms with Gasteiger partial charge in [-0.15, -0.1) is 0 Å². The molecule has 0 aliphatic carbocycles. The van der Waals surface area contributed by atoms with Crippen LogP contribution in [-0.4, -0.2) is 65.7 Å². The highest BCUT2D eigenvalue weighted by molar-refractivity contribution is 5.90. The van der Waals surface area contributed by atoms with Crippen molar-refractivity contribution in [1.29, 1.82) is 0 Å². The van der Waals surface area contributed by atoms with Crippen molar-refractivity contribution in [3.63, 3.8) is 0 Å². The van der Waals surface area contributed by atoms with E-state index in [1.165, 1.54) is 6.92 Å². The molecule has 2 aliphatic rings. The highest BCUT2D eigenvalue weighted by atomic mass is 16.3. The van der Waals surface area contributed by atoms with Gasteiger partial charge in [-0.05, 0) is 13.3 Å². The second-order valence-electron chi connectivity index (χ2n) is 5.04. The fraction of sp³-hybridized carbons (Fsp3) is 0.818. The quantitative estimate of drug-likeness (QED) is 0.433. The minimum atomic E-state index is -0.926. The lowest BCUT2D eigenvalue weighted by atomic mass is 9.94. The predicted octanol–water partition coefficient (Wildman–Crippen LogP) is -2.61. The van der Waals surface area contributed by atoms with Crippen LogP contribution in [0, 0.1) is 0 Å². The molecule has 18 heavy (non-hydrogen) atoms. The van der Waals surface area contributed by atoms with Crippen molar-refractivity contribution in [1.82, 2.24) is 15.5 Å². The summed E-state index contributed by atoms with van der Waals surface area (Å²) in [6.45, 7) is 3.50.